The number of aromatic amines is 1. The molecule has 1 unspecified atom stereocenters. The van der Waals surface area contributed by atoms with E-state index in [0.29, 0.717) is 5.16 Å². The highest BCUT2D eigenvalue weighted by Crippen LogP contribution is 2.35. The van der Waals surface area contributed by atoms with Crippen molar-refractivity contribution in [1.82, 2.24) is 20.5 Å². The molecule has 0 aliphatic carbocycles. The van der Waals surface area contributed by atoms with Crippen LogP contribution >= 0.6 is 11.8 Å². The van der Waals surface area contributed by atoms with Gasteiger partial charge in [0.15, 0.2) is 0 Å². The van der Waals surface area contributed by atoms with Crippen LogP contribution in [0.2, 0.25) is 0 Å². The summed E-state index contributed by atoms with van der Waals surface area (Å²) in [6, 6.07) is 5.71. The Morgan fingerprint density at radius 2 is 2.29 bits per heavy atom. The van der Waals surface area contributed by atoms with Crippen LogP contribution in [0.3, 0.4) is 0 Å². The van der Waals surface area contributed by atoms with Crippen molar-refractivity contribution < 1.29 is 4.79 Å². The van der Waals surface area contributed by atoms with Gasteiger partial charge in [0, 0.05) is 16.1 Å². The van der Waals surface area contributed by atoms with E-state index in [0.717, 1.165) is 34.9 Å². The molecule has 1 aliphatic heterocycles. The van der Waals surface area contributed by atoms with E-state index in [9.17, 15) is 4.79 Å². The Bertz CT molecular complexity index is 669. The number of rotatable bonds is 5. The molecule has 0 radical (unpaired) electrons. The van der Waals surface area contributed by atoms with Crippen molar-refractivity contribution in [3.05, 3.63) is 29.6 Å². The maximum absolute atomic E-state index is 12.0. The number of hydrogen-bond acceptors (Lipinski definition) is 5. The molecule has 2 heterocycles. The summed E-state index contributed by atoms with van der Waals surface area (Å²) in [5, 5.41) is 13.8. The fourth-order valence-corrected chi connectivity index (χ4v) is 3.07. The summed E-state index contributed by atoms with van der Waals surface area (Å²) in [6.45, 7) is 4.77. The first-order chi connectivity index (χ1) is 10.2. The first-order valence-electron chi connectivity index (χ1n) is 6.92. The number of nitrogens with zero attached hydrogens (tertiary/aromatic N) is 2. The molecule has 110 valence electrons. The number of anilines is 1. The molecule has 0 saturated heterocycles. The number of nitrogens with one attached hydrogen (secondary N) is 3. The van der Waals surface area contributed by atoms with Crippen LogP contribution in [-0.4, -0.2) is 27.6 Å². The number of aromatic nitrogens is 3. The summed E-state index contributed by atoms with van der Waals surface area (Å²) in [7, 11) is 0. The first-order valence-corrected chi connectivity index (χ1v) is 7.74. The number of benzene rings is 1. The summed E-state index contributed by atoms with van der Waals surface area (Å²) >= 11 is 1.47. The van der Waals surface area contributed by atoms with Crippen molar-refractivity contribution in [3.63, 3.8) is 0 Å². The van der Waals surface area contributed by atoms with Crippen LogP contribution in [0, 0.1) is 6.92 Å². The van der Waals surface area contributed by atoms with Gasteiger partial charge in [-0.2, -0.15) is 0 Å². The second-order valence-electron chi connectivity index (χ2n) is 4.93. The van der Waals surface area contributed by atoms with Gasteiger partial charge in [0.25, 0.3) is 0 Å². The van der Waals surface area contributed by atoms with E-state index in [1.807, 2.05) is 25.1 Å². The third kappa shape index (κ3) is 2.93. The maximum atomic E-state index is 12.0. The van der Waals surface area contributed by atoms with E-state index < -0.39 is 0 Å². The number of hydrogen-bond donors (Lipinski definition) is 3. The molecule has 7 heteroatoms. The number of aryl methyl sites for hydroxylation is 1. The topological polar surface area (TPSA) is 82.7 Å². The lowest BCUT2D eigenvalue weighted by atomic mass is 10.1. The Morgan fingerprint density at radius 3 is 3.00 bits per heavy atom. The first kappa shape index (κ1) is 14.1. The smallest absolute Gasteiger partial charge is 0.246 e. The molecule has 0 saturated carbocycles. The quantitative estimate of drug-likeness (QED) is 0.789. The molecule has 1 aromatic heterocycles. The zero-order valence-corrected chi connectivity index (χ0v) is 12.8. The van der Waals surface area contributed by atoms with Crippen molar-refractivity contribution in [2.24, 2.45) is 0 Å². The Kier molecular flexibility index (Phi) is 3.94. The van der Waals surface area contributed by atoms with Gasteiger partial charge in [-0.05, 0) is 43.8 Å². The van der Waals surface area contributed by atoms with Crippen LogP contribution < -0.4 is 10.6 Å². The van der Waals surface area contributed by atoms with Crippen LogP contribution in [0.25, 0.3) is 0 Å². The molecule has 0 bridgehead atoms. The SMILES string of the molecule is CCCNC1C(=O)Nc2cc(Sc3n[nH]c(C)n3)ccc21. The van der Waals surface area contributed by atoms with Crippen LogP contribution in [0.1, 0.15) is 30.8 Å². The summed E-state index contributed by atoms with van der Waals surface area (Å²) < 4.78 is 0. The summed E-state index contributed by atoms with van der Waals surface area (Å²) in [6.07, 6.45) is 0.997. The second-order valence-corrected chi connectivity index (χ2v) is 5.97. The highest BCUT2D eigenvalue weighted by Gasteiger charge is 2.29. The normalized spacial score (nSPS) is 16.9. The van der Waals surface area contributed by atoms with Gasteiger partial charge in [-0.15, -0.1) is 5.10 Å². The average molecular weight is 303 g/mol. The Labute approximate surface area is 127 Å². The largest absolute Gasteiger partial charge is 0.324 e. The predicted molar refractivity (Wildman–Crippen MR) is 81.3 cm³/mol. The van der Waals surface area contributed by atoms with E-state index in [1.165, 1.54) is 11.8 Å². The van der Waals surface area contributed by atoms with Crippen molar-refractivity contribution >= 4 is 23.4 Å². The molecule has 1 aromatic carbocycles. The van der Waals surface area contributed by atoms with E-state index in [-0.39, 0.29) is 11.9 Å². The zero-order chi connectivity index (χ0) is 14.8. The fraction of sp³-hybridized carbons (Fsp3) is 0.357. The molecular weight excluding hydrogens is 286 g/mol. The van der Waals surface area contributed by atoms with Gasteiger partial charge >= 0.3 is 0 Å². The minimum atomic E-state index is -0.246. The minimum absolute atomic E-state index is 0.00865. The Morgan fingerprint density at radius 1 is 1.43 bits per heavy atom. The van der Waals surface area contributed by atoms with Crippen molar-refractivity contribution in [2.45, 2.75) is 36.4 Å². The molecule has 3 N–H and O–H groups in total. The number of fused-ring (bicyclic) bond motifs is 1. The predicted octanol–water partition coefficient (Wildman–Crippen LogP) is 2.26. The number of H-pyrrole nitrogens is 1. The van der Waals surface area contributed by atoms with Gasteiger partial charge in [-0.25, -0.2) is 4.98 Å². The maximum Gasteiger partial charge on any atom is 0.246 e. The average Bonchev–Trinajstić information content (AvgIpc) is 2.99. The second kappa shape index (κ2) is 5.87. The van der Waals surface area contributed by atoms with Gasteiger partial charge in [-0.3, -0.25) is 9.89 Å². The standard InChI is InChI=1S/C14H17N5OS/c1-3-6-15-12-10-5-4-9(7-11(10)17-13(12)20)21-14-16-8(2)18-19-14/h4-5,7,12,15H,3,6H2,1-2H3,(H,17,20)(H,16,18,19). The Balaban J connectivity index is 1.79. The molecule has 2 aromatic rings. The highest BCUT2D eigenvalue weighted by atomic mass is 32.2. The van der Waals surface area contributed by atoms with Crippen molar-refractivity contribution in [1.29, 1.82) is 0 Å². The molecule has 3 rings (SSSR count). The van der Waals surface area contributed by atoms with Gasteiger partial charge < -0.3 is 10.6 Å². The molecule has 1 aliphatic rings. The monoisotopic (exact) mass is 303 g/mol. The summed E-state index contributed by atoms with van der Waals surface area (Å²) in [5.41, 5.74) is 1.87. The van der Waals surface area contributed by atoms with E-state index in [1.54, 1.807) is 0 Å². The number of carbonyl (C=O) groups is 1. The highest BCUT2D eigenvalue weighted by molar-refractivity contribution is 7.99. The molecule has 0 spiro atoms. The van der Waals surface area contributed by atoms with Crippen molar-refractivity contribution in [2.75, 3.05) is 11.9 Å². The van der Waals surface area contributed by atoms with Crippen LogP contribution in [0.5, 0.6) is 0 Å². The molecule has 21 heavy (non-hydrogen) atoms. The van der Waals surface area contributed by atoms with Gasteiger partial charge in [0.1, 0.15) is 11.9 Å². The molecule has 0 fully saturated rings. The van der Waals surface area contributed by atoms with Crippen LogP contribution in [0.15, 0.2) is 28.3 Å². The lowest BCUT2D eigenvalue weighted by Gasteiger charge is -2.10. The van der Waals surface area contributed by atoms with Gasteiger partial charge in [-0.1, -0.05) is 13.0 Å². The lowest BCUT2D eigenvalue weighted by molar-refractivity contribution is -0.117. The number of carbonyl (C=O) groups excluding carboxylic acids is 1. The molecule has 1 amide bonds. The fourth-order valence-electron chi connectivity index (χ4n) is 2.27. The third-order valence-electron chi connectivity index (χ3n) is 3.24. The lowest BCUT2D eigenvalue weighted by Crippen LogP contribution is -2.27. The van der Waals surface area contributed by atoms with Gasteiger partial charge in [0.05, 0.1) is 0 Å². The minimum Gasteiger partial charge on any atom is -0.324 e. The third-order valence-corrected chi connectivity index (χ3v) is 4.09. The Hall–Kier alpha value is -1.86. The van der Waals surface area contributed by atoms with E-state index in [2.05, 4.69) is 32.7 Å². The summed E-state index contributed by atoms with van der Waals surface area (Å²) in [4.78, 5) is 17.3. The van der Waals surface area contributed by atoms with Crippen molar-refractivity contribution in [3.8, 4) is 0 Å². The van der Waals surface area contributed by atoms with Crippen LogP contribution in [0.4, 0.5) is 5.69 Å². The van der Waals surface area contributed by atoms with Gasteiger partial charge in [0.2, 0.25) is 11.1 Å². The number of amides is 1. The van der Waals surface area contributed by atoms with E-state index in [4.69, 9.17) is 0 Å². The van der Waals surface area contributed by atoms with Crippen LogP contribution in [-0.2, 0) is 4.79 Å². The summed E-state index contributed by atoms with van der Waals surface area (Å²) in [5.74, 6) is 0.796. The molecule has 1 atom stereocenters. The molecular formula is C14H17N5OS. The van der Waals surface area contributed by atoms with E-state index >= 15 is 0 Å². The zero-order valence-electron chi connectivity index (χ0n) is 11.9. The molecule has 6 nitrogen and oxygen atoms in total.